The first-order valence-electron chi connectivity index (χ1n) is 6.98. The Balaban J connectivity index is 1.72. The molecule has 0 saturated carbocycles. The van der Waals surface area contributed by atoms with Crippen molar-refractivity contribution in [3.05, 3.63) is 47.5 Å². The van der Waals surface area contributed by atoms with E-state index in [2.05, 4.69) is 25.5 Å². The van der Waals surface area contributed by atoms with Gasteiger partial charge in [0.1, 0.15) is 17.8 Å². The van der Waals surface area contributed by atoms with Gasteiger partial charge in [-0.15, -0.1) is 0 Å². The molecule has 0 aliphatic heterocycles. The minimum absolute atomic E-state index is 0.538. The van der Waals surface area contributed by atoms with Crippen LogP contribution in [-0.2, 0) is 6.54 Å². The SMILES string of the molecule is Cc1nc2ncnn2c(NCc2noc3ccccc23)c1C. The van der Waals surface area contributed by atoms with Crippen LogP contribution in [0, 0.1) is 13.8 Å². The van der Waals surface area contributed by atoms with Gasteiger partial charge in [-0.2, -0.15) is 14.6 Å². The van der Waals surface area contributed by atoms with Gasteiger partial charge in [-0.05, 0) is 26.0 Å². The van der Waals surface area contributed by atoms with Crippen molar-refractivity contribution in [1.29, 1.82) is 0 Å². The number of nitrogens with zero attached hydrogens (tertiary/aromatic N) is 5. The third kappa shape index (κ3) is 1.90. The zero-order valence-corrected chi connectivity index (χ0v) is 12.2. The molecule has 0 aliphatic rings. The topological polar surface area (TPSA) is 81.1 Å². The molecule has 110 valence electrons. The maximum atomic E-state index is 5.33. The average molecular weight is 294 g/mol. The number of hydrogen-bond acceptors (Lipinski definition) is 6. The van der Waals surface area contributed by atoms with E-state index in [4.69, 9.17) is 4.52 Å². The van der Waals surface area contributed by atoms with E-state index in [1.165, 1.54) is 6.33 Å². The number of nitrogens with one attached hydrogen (secondary N) is 1. The quantitative estimate of drug-likeness (QED) is 0.625. The van der Waals surface area contributed by atoms with Crippen LogP contribution in [-0.4, -0.2) is 24.7 Å². The number of aromatic nitrogens is 5. The Bertz CT molecular complexity index is 971. The first-order chi connectivity index (χ1) is 10.7. The van der Waals surface area contributed by atoms with Crippen molar-refractivity contribution in [2.24, 2.45) is 0 Å². The third-order valence-electron chi connectivity index (χ3n) is 3.78. The van der Waals surface area contributed by atoms with Gasteiger partial charge in [-0.1, -0.05) is 17.3 Å². The van der Waals surface area contributed by atoms with Crippen LogP contribution in [0.4, 0.5) is 5.82 Å². The lowest BCUT2D eigenvalue weighted by Crippen LogP contribution is -2.10. The van der Waals surface area contributed by atoms with Gasteiger partial charge in [0.2, 0.25) is 0 Å². The van der Waals surface area contributed by atoms with Crippen LogP contribution in [0.15, 0.2) is 35.1 Å². The lowest BCUT2D eigenvalue weighted by atomic mass is 10.2. The van der Waals surface area contributed by atoms with Crippen LogP contribution >= 0.6 is 0 Å². The zero-order chi connectivity index (χ0) is 15.1. The molecule has 4 aromatic rings. The molecule has 0 spiro atoms. The molecule has 7 nitrogen and oxygen atoms in total. The molecule has 0 amide bonds. The van der Waals surface area contributed by atoms with Gasteiger partial charge in [0.15, 0.2) is 5.58 Å². The fourth-order valence-corrected chi connectivity index (χ4v) is 2.47. The second-order valence-corrected chi connectivity index (χ2v) is 5.12. The second kappa shape index (κ2) is 4.80. The van der Waals surface area contributed by atoms with Crippen molar-refractivity contribution in [1.82, 2.24) is 24.7 Å². The predicted molar refractivity (Wildman–Crippen MR) is 81.6 cm³/mol. The fourth-order valence-electron chi connectivity index (χ4n) is 2.47. The van der Waals surface area contributed by atoms with Crippen LogP contribution in [0.1, 0.15) is 17.0 Å². The van der Waals surface area contributed by atoms with E-state index >= 15 is 0 Å². The Morgan fingerprint density at radius 3 is 3.00 bits per heavy atom. The Hall–Kier alpha value is -2.96. The molecule has 3 aromatic heterocycles. The number of para-hydroxylation sites is 1. The van der Waals surface area contributed by atoms with E-state index in [1.807, 2.05) is 38.1 Å². The number of rotatable bonds is 3. The molecular formula is C15H14N6O. The summed E-state index contributed by atoms with van der Waals surface area (Å²) in [4.78, 5) is 8.55. The number of aryl methyl sites for hydroxylation is 1. The smallest absolute Gasteiger partial charge is 0.254 e. The van der Waals surface area contributed by atoms with Crippen molar-refractivity contribution in [2.45, 2.75) is 20.4 Å². The molecule has 0 fully saturated rings. The monoisotopic (exact) mass is 294 g/mol. The maximum absolute atomic E-state index is 5.33. The molecule has 0 unspecified atom stereocenters. The maximum Gasteiger partial charge on any atom is 0.254 e. The third-order valence-corrected chi connectivity index (χ3v) is 3.78. The van der Waals surface area contributed by atoms with Gasteiger partial charge >= 0.3 is 0 Å². The van der Waals surface area contributed by atoms with Gasteiger partial charge in [-0.25, -0.2) is 4.98 Å². The summed E-state index contributed by atoms with van der Waals surface area (Å²) in [6.45, 7) is 4.50. The number of benzene rings is 1. The van der Waals surface area contributed by atoms with Crippen molar-refractivity contribution >= 4 is 22.6 Å². The molecule has 4 rings (SSSR count). The average Bonchev–Trinajstić information content (AvgIpc) is 3.14. The van der Waals surface area contributed by atoms with E-state index in [1.54, 1.807) is 4.52 Å². The van der Waals surface area contributed by atoms with E-state index in [9.17, 15) is 0 Å². The molecule has 7 heteroatoms. The summed E-state index contributed by atoms with van der Waals surface area (Å²) >= 11 is 0. The summed E-state index contributed by atoms with van der Waals surface area (Å²) in [6.07, 6.45) is 1.50. The fraction of sp³-hybridized carbons (Fsp3) is 0.200. The molecule has 0 atom stereocenters. The molecule has 0 saturated heterocycles. The molecule has 0 radical (unpaired) electrons. The summed E-state index contributed by atoms with van der Waals surface area (Å²) in [7, 11) is 0. The molecule has 0 bridgehead atoms. The van der Waals surface area contributed by atoms with Crippen LogP contribution in [0.3, 0.4) is 0 Å². The van der Waals surface area contributed by atoms with Gasteiger partial charge in [0.05, 0.1) is 6.54 Å². The summed E-state index contributed by atoms with van der Waals surface area (Å²) in [6, 6.07) is 7.81. The Morgan fingerprint density at radius 1 is 1.23 bits per heavy atom. The van der Waals surface area contributed by atoms with Crippen LogP contribution in [0.5, 0.6) is 0 Å². The lowest BCUT2D eigenvalue weighted by molar-refractivity contribution is 0.447. The highest BCUT2D eigenvalue weighted by Crippen LogP contribution is 2.21. The van der Waals surface area contributed by atoms with Crippen molar-refractivity contribution in [2.75, 3.05) is 5.32 Å². The Morgan fingerprint density at radius 2 is 2.09 bits per heavy atom. The molecule has 0 aliphatic carbocycles. The number of anilines is 1. The van der Waals surface area contributed by atoms with Crippen LogP contribution < -0.4 is 5.32 Å². The minimum atomic E-state index is 0.538. The summed E-state index contributed by atoms with van der Waals surface area (Å²) in [5.41, 5.74) is 3.60. The molecule has 1 aromatic carbocycles. The summed E-state index contributed by atoms with van der Waals surface area (Å²) < 4.78 is 7.03. The first kappa shape index (κ1) is 12.8. The van der Waals surface area contributed by atoms with Crippen molar-refractivity contribution < 1.29 is 4.52 Å². The number of hydrogen-bond donors (Lipinski definition) is 1. The van der Waals surface area contributed by atoms with E-state index in [0.29, 0.717) is 12.3 Å². The van der Waals surface area contributed by atoms with Crippen molar-refractivity contribution in [3.8, 4) is 0 Å². The highest BCUT2D eigenvalue weighted by Gasteiger charge is 2.13. The molecule has 22 heavy (non-hydrogen) atoms. The van der Waals surface area contributed by atoms with Gasteiger partial charge in [0.25, 0.3) is 5.78 Å². The van der Waals surface area contributed by atoms with E-state index in [0.717, 1.165) is 33.7 Å². The van der Waals surface area contributed by atoms with Gasteiger partial charge < -0.3 is 9.84 Å². The molecule has 1 N–H and O–H groups in total. The lowest BCUT2D eigenvalue weighted by Gasteiger charge is -2.11. The summed E-state index contributed by atoms with van der Waals surface area (Å²) in [5.74, 6) is 1.45. The first-order valence-corrected chi connectivity index (χ1v) is 6.98. The number of fused-ring (bicyclic) bond motifs is 2. The standard InChI is InChI=1S/C15H14N6O/c1-9-10(2)19-15-17-8-18-21(15)14(9)16-7-12-11-5-3-4-6-13(11)22-20-12/h3-6,8,16H,7H2,1-2H3. The van der Waals surface area contributed by atoms with Gasteiger partial charge in [-0.3, -0.25) is 0 Å². The predicted octanol–water partition coefficient (Wildman–Crippen LogP) is 2.49. The van der Waals surface area contributed by atoms with E-state index < -0.39 is 0 Å². The zero-order valence-electron chi connectivity index (χ0n) is 12.2. The molecule has 3 heterocycles. The van der Waals surface area contributed by atoms with Crippen molar-refractivity contribution in [3.63, 3.8) is 0 Å². The highest BCUT2D eigenvalue weighted by atomic mass is 16.5. The van der Waals surface area contributed by atoms with Crippen LogP contribution in [0.2, 0.25) is 0 Å². The second-order valence-electron chi connectivity index (χ2n) is 5.12. The highest BCUT2D eigenvalue weighted by molar-refractivity contribution is 5.79. The largest absolute Gasteiger partial charge is 0.364 e. The molecular weight excluding hydrogens is 280 g/mol. The Kier molecular flexibility index (Phi) is 2.78. The van der Waals surface area contributed by atoms with Gasteiger partial charge in [0, 0.05) is 16.6 Å². The van der Waals surface area contributed by atoms with E-state index in [-0.39, 0.29) is 0 Å². The minimum Gasteiger partial charge on any atom is -0.364 e. The summed E-state index contributed by atoms with van der Waals surface area (Å²) in [5, 5.41) is 12.7. The Labute approximate surface area is 126 Å². The van der Waals surface area contributed by atoms with Crippen LogP contribution in [0.25, 0.3) is 16.7 Å². The normalized spacial score (nSPS) is 11.4.